The van der Waals surface area contributed by atoms with Gasteiger partial charge < -0.3 is 35.0 Å². The molecule has 39 heavy (non-hydrogen) atoms. The van der Waals surface area contributed by atoms with Crippen LogP contribution >= 0.6 is 0 Å². The van der Waals surface area contributed by atoms with Crippen LogP contribution in [0.1, 0.15) is 38.3 Å². The van der Waals surface area contributed by atoms with Crippen molar-refractivity contribution in [1.82, 2.24) is 15.3 Å². The van der Waals surface area contributed by atoms with Gasteiger partial charge in [-0.3, -0.25) is 5.32 Å². The Kier molecular flexibility index (Phi) is 11.6. The van der Waals surface area contributed by atoms with E-state index in [2.05, 4.69) is 46.6 Å². The zero-order valence-electron chi connectivity index (χ0n) is 24.1. The van der Waals surface area contributed by atoms with Gasteiger partial charge in [0, 0.05) is 31.6 Å². The molecule has 1 aromatic heterocycles. The molecule has 2 aromatic rings. The molecule has 1 atom stereocenters. The summed E-state index contributed by atoms with van der Waals surface area (Å²) in [5.41, 5.74) is 8.48. The highest BCUT2D eigenvalue weighted by Crippen LogP contribution is 2.31. The molecule has 0 aliphatic carbocycles. The molecule has 2 rings (SSSR count). The first-order valence-electron chi connectivity index (χ1n) is 12.8. The Bertz CT molecular complexity index is 1120. The number of anilines is 2. The van der Waals surface area contributed by atoms with Gasteiger partial charge in [-0.15, -0.1) is 6.58 Å². The number of amides is 2. The van der Waals surface area contributed by atoms with Crippen LogP contribution in [0.4, 0.5) is 21.0 Å². The minimum atomic E-state index is -1.28. The van der Waals surface area contributed by atoms with Crippen molar-refractivity contribution in [2.75, 3.05) is 38.0 Å². The smallest absolute Gasteiger partial charge is 0.411 e. The molecule has 5 N–H and O–H groups in total. The average Bonchev–Trinajstić information content (AvgIpc) is 3.23. The fraction of sp³-hybridized carbons (Fsp3) is 0.519. The number of carbonyl (C=O) groups is 2. The number of nitrogen functional groups attached to an aromatic ring is 1. The summed E-state index contributed by atoms with van der Waals surface area (Å²) in [6.45, 7) is 17.2. The number of ether oxygens (including phenoxy) is 4. The third-order valence-corrected chi connectivity index (χ3v) is 7.02. The third-order valence-electron chi connectivity index (χ3n) is 5.32. The highest BCUT2D eigenvalue weighted by molar-refractivity contribution is 6.76. The largest absolute Gasteiger partial charge is 0.453 e. The number of nitrogens with one attached hydrogen (secondary N) is 3. The van der Waals surface area contributed by atoms with E-state index < -0.39 is 31.9 Å². The Morgan fingerprint density at radius 1 is 1.21 bits per heavy atom. The van der Waals surface area contributed by atoms with Crippen LogP contribution in [-0.4, -0.2) is 62.8 Å². The van der Waals surface area contributed by atoms with Crippen molar-refractivity contribution in [2.45, 2.75) is 64.7 Å². The van der Waals surface area contributed by atoms with E-state index in [9.17, 15) is 9.59 Å². The lowest BCUT2D eigenvalue weighted by Gasteiger charge is -2.22. The summed E-state index contributed by atoms with van der Waals surface area (Å²) < 4.78 is 21.8. The Morgan fingerprint density at radius 2 is 1.92 bits per heavy atom. The number of aromatic nitrogens is 2. The van der Waals surface area contributed by atoms with Gasteiger partial charge in [-0.1, -0.05) is 25.7 Å². The second-order valence-electron chi connectivity index (χ2n) is 11.3. The van der Waals surface area contributed by atoms with Crippen molar-refractivity contribution in [3.05, 3.63) is 42.4 Å². The number of H-pyrrole nitrogens is 1. The molecule has 0 unspecified atom stereocenters. The van der Waals surface area contributed by atoms with Gasteiger partial charge in [-0.2, -0.15) is 0 Å². The molecule has 0 bridgehead atoms. The lowest BCUT2D eigenvalue weighted by molar-refractivity contribution is 0.0450. The molecule has 2 amide bonds. The van der Waals surface area contributed by atoms with Gasteiger partial charge in [0.1, 0.15) is 17.5 Å². The van der Waals surface area contributed by atoms with Crippen molar-refractivity contribution in [2.24, 2.45) is 0 Å². The quantitative estimate of drug-likeness (QED) is 0.109. The number of benzene rings is 1. The van der Waals surface area contributed by atoms with E-state index in [1.165, 1.54) is 7.11 Å². The van der Waals surface area contributed by atoms with Crippen molar-refractivity contribution in [3.8, 4) is 11.3 Å². The number of carbonyl (C=O) groups excluding carboxylic acids is 2. The van der Waals surface area contributed by atoms with Gasteiger partial charge in [0.2, 0.25) is 0 Å². The lowest BCUT2D eigenvalue weighted by atomic mass is 10.1. The van der Waals surface area contributed by atoms with Crippen LogP contribution in [0.3, 0.4) is 0 Å². The average molecular weight is 562 g/mol. The summed E-state index contributed by atoms with van der Waals surface area (Å²) in [7, 11) is 0.00893. The van der Waals surface area contributed by atoms with Crippen molar-refractivity contribution < 1.29 is 28.5 Å². The number of alkyl carbamates (subject to hydrolysis) is 1. The lowest BCUT2D eigenvalue weighted by Crippen LogP contribution is -2.37. The second-order valence-corrected chi connectivity index (χ2v) is 16.9. The highest BCUT2D eigenvalue weighted by atomic mass is 28.3. The van der Waals surface area contributed by atoms with Crippen LogP contribution in [0.2, 0.25) is 25.7 Å². The number of nitrogens with two attached hydrogens (primary N) is 1. The molecule has 11 nitrogen and oxygen atoms in total. The Balaban J connectivity index is 2.43. The Morgan fingerprint density at radius 3 is 2.51 bits per heavy atom. The highest BCUT2D eigenvalue weighted by Gasteiger charge is 2.25. The van der Waals surface area contributed by atoms with E-state index in [1.807, 2.05) is 0 Å². The summed E-state index contributed by atoms with van der Waals surface area (Å²) in [6.07, 6.45) is 0.426. The second kappa shape index (κ2) is 14.2. The van der Waals surface area contributed by atoms with E-state index in [0.29, 0.717) is 47.4 Å². The molecule has 1 heterocycles. The van der Waals surface area contributed by atoms with E-state index in [4.69, 9.17) is 24.9 Å². The minimum absolute atomic E-state index is 0.131. The number of rotatable bonds is 13. The van der Waals surface area contributed by atoms with E-state index in [-0.39, 0.29) is 13.2 Å². The maximum Gasteiger partial charge on any atom is 0.411 e. The summed E-state index contributed by atoms with van der Waals surface area (Å²) in [5.74, 6) is 0.458. The zero-order chi connectivity index (χ0) is 29.2. The van der Waals surface area contributed by atoms with Gasteiger partial charge >= 0.3 is 12.2 Å². The maximum absolute atomic E-state index is 12.6. The zero-order valence-corrected chi connectivity index (χ0v) is 25.1. The first kappa shape index (κ1) is 31.9. The van der Waals surface area contributed by atoms with Crippen molar-refractivity contribution in [3.63, 3.8) is 0 Å². The molecule has 1 aromatic carbocycles. The molecule has 0 aliphatic rings. The molecule has 0 saturated carbocycles. The molecular formula is C27H43N5O6Si. The maximum atomic E-state index is 12.6. The molecular weight excluding hydrogens is 518 g/mol. The van der Waals surface area contributed by atoms with Crippen molar-refractivity contribution >= 4 is 31.6 Å². The number of imidazole rings is 1. The predicted molar refractivity (Wildman–Crippen MR) is 155 cm³/mol. The molecule has 0 spiro atoms. The van der Waals surface area contributed by atoms with Gasteiger partial charge in [0.15, 0.2) is 0 Å². The summed E-state index contributed by atoms with van der Waals surface area (Å²) in [6, 6.07) is 5.46. The van der Waals surface area contributed by atoms with Crippen LogP contribution in [-0.2, 0) is 25.6 Å². The minimum Gasteiger partial charge on any atom is -0.453 e. The van der Waals surface area contributed by atoms with Crippen LogP contribution < -0.4 is 16.4 Å². The van der Waals surface area contributed by atoms with Crippen LogP contribution in [0.5, 0.6) is 0 Å². The number of aromatic amines is 1. The normalized spacial score (nSPS) is 12.5. The van der Waals surface area contributed by atoms with E-state index >= 15 is 0 Å². The summed E-state index contributed by atoms with van der Waals surface area (Å²) in [4.78, 5) is 32.3. The fourth-order valence-corrected chi connectivity index (χ4v) is 4.16. The molecule has 0 fully saturated rings. The Hall–Kier alpha value is -3.35. The standard InChI is InChI=1S/C27H43N5O6Si/c1-9-12-36-17-22(31-26(34)38-27(2,3)4)24-30-21(16-37-13-14-39(6,7)8)23(32-24)19-11-10-18(15-20(19)28)29-25(33)35-5/h9-11,15,22H,1,12-14,16-17,28H2,2-8H3,(H,29,33)(H,30,32)(H,31,34)/t22-/m0/s1. The van der Waals surface area contributed by atoms with E-state index in [1.54, 1.807) is 45.0 Å². The van der Waals surface area contributed by atoms with Gasteiger partial charge in [-0.25, -0.2) is 14.6 Å². The fourth-order valence-electron chi connectivity index (χ4n) is 3.41. The number of hydrogen-bond donors (Lipinski definition) is 4. The molecule has 0 aliphatic heterocycles. The first-order chi connectivity index (χ1) is 18.2. The van der Waals surface area contributed by atoms with Gasteiger partial charge in [-0.05, 0) is 45.0 Å². The number of methoxy groups -OCH3 is 1. The topological polar surface area (TPSA) is 150 Å². The van der Waals surface area contributed by atoms with E-state index in [0.717, 1.165) is 6.04 Å². The van der Waals surface area contributed by atoms with Crippen LogP contribution in [0.15, 0.2) is 30.9 Å². The van der Waals surface area contributed by atoms with Crippen LogP contribution in [0.25, 0.3) is 11.3 Å². The molecule has 0 saturated heterocycles. The Labute approximate surface area is 231 Å². The molecule has 0 radical (unpaired) electrons. The molecule has 12 heteroatoms. The third kappa shape index (κ3) is 11.1. The van der Waals surface area contributed by atoms with Crippen LogP contribution in [0, 0.1) is 0 Å². The monoisotopic (exact) mass is 561 g/mol. The predicted octanol–water partition coefficient (Wildman–Crippen LogP) is 5.46. The first-order valence-corrected chi connectivity index (χ1v) is 16.5. The number of nitrogens with zero attached hydrogens (tertiary/aromatic N) is 1. The van der Waals surface area contributed by atoms with Crippen molar-refractivity contribution in [1.29, 1.82) is 0 Å². The summed E-state index contributed by atoms with van der Waals surface area (Å²) >= 11 is 0. The van der Waals surface area contributed by atoms with Gasteiger partial charge in [0.25, 0.3) is 0 Å². The summed E-state index contributed by atoms with van der Waals surface area (Å²) in [5, 5.41) is 5.44. The van der Waals surface area contributed by atoms with Gasteiger partial charge in [0.05, 0.1) is 38.3 Å². The number of hydrogen-bond acceptors (Lipinski definition) is 8. The molecule has 216 valence electrons. The SMILES string of the molecule is C=CCOC[C@H](NC(=O)OC(C)(C)C)c1nc(-c2ccc(NC(=O)OC)cc2N)c(COCC[Si](C)(C)C)[nH]1.